The van der Waals surface area contributed by atoms with Crippen molar-refractivity contribution in [2.24, 2.45) is 5.92 Å². The quantitative estimate of drug-likeness (QED) is 0.562. The summed E-state index contributed by atoms with van der Waals surface area (Å²) in [6.45, 7) is 4.19. The molecule has 2 fully saturated rings. The topological polar surface area (TPSA) is 51.7 Å². The fraction of sp³-hybridized carbons (Fsp3) is 0.385. The SMILES string of the molecule is CCOc1c(-c2ccc(OC3CCN(C(=O)C4CC4)CC3)cc2)ccc2cccnc12. The van der Waals surface area contributed by atoms with E-state index < -0.39 is 0 Å². The van der Waals surface area contributed by atoms with Gasteiger partial charge in [-0.1, -0.05) is 24.3 Å². The lowest BCUT2D eigenvalue weighted by Crippen LogP contribution is -2.42. The van der Waals surface area contributed by atoms with Gasteiger partial charge in [0, 0.05) is 49.0 Å². The van der Waals surface area contributed by atoms with Crippen LogP contribution in [0.2, 0.25) is 0 Å². The van der Waals surface area contributed by atoms with Crippen molar-refractivity contribution in [1.29, 1.82) is 0 Å². The molecule has 5 heteroatoms. The number of carbonyl (C=O) groups excluding carboxylic acids is 1. The minimum Gasteiger partial charge on any atom is -0.491 e. The van der Waals surface area contributed by atoms with Crippen LogP contribution in [-0.2, 0) is 4.79 Å². The van der Waals surface area contributed by atoms with Crippen molar-refractivity contribution in [1.82, 2.24) is 9.88 Å². The summed E-state index contributed by atoms with van der Waals surface area (Å²) in [5, 5.41) is 1.07. The highest BCUT2D eigenvalue weighted by Crippen LogP contribution is 2.37. The van der Waals surface area contributed by atoms with E-state index in [0.29, 0.717) is 18.4 Å². The van der Waals surface area contributed by atoms with Crippen LogP contribution in [0.4, 0.5) is 0 Å². The number of carbonyl (C=O) groups is 1. The summed E-state index contributed by atoms with van der Waals surface area (Å²) in [6.07, 6.45) is 5.89. The zero-order valence-electron chi connectivity index (χ0n) is 17.9. The van der Waals surface area contributed by atoms with Crippen LogP contribution in [0, 0.1) is 5.92 Å². The van der Waals surface area contributed by atoms with E-state index in [1.165, 1.54) is 0 Å². The van der Waals surface area contributed by atoms with Crippen LogP contribution in [0.1, 0.15) is 32.6 Å². The molecule has 0 atom stereocenters. The van der Waals surface area contributed by atoms with E-state index >= 15 is 0 Å². The van der Waals surface area contributed by atoms with Gasteiger partial charge < -0.3 is 14.4 Å². The third kappa shape index (κ3) is 4.22. The Balaban J connectivity index is 1.28. The van der Waals surface area contributed by atoms with Crippen molar-refractivity contribution in [3.63, 3.8) is 0 Å². The number of nitrogens with zero attached hydrogens (tertiary/aromatic N) is 2. The summed E-state index contributed by atoms with van der Waals surface area (Å²) in [4.78, 5) is 18.8. The molecule has 2 aliphatic rings. The molecule has 1 saturated heterocycles. The maximum absolute atomic E-state index is 12.2. The van der Waals surface area contributed by atoms with Gasteiger partial charge in [-0.15, -0.1) is 0 Å². The Bertz CT molecular complexity index is 1070. The minimum atomic E-state index is 0.165. The molecule has 5 nitrogen and oxygen atoms in total. The van der Waals surface area contributed by atoms with Gasteiger partial charge in [-0.05, 0) is 49.6 Å². The van der Waals surface area contributed by atoms with Gasteiger partial charge in [-0.2, -0.15) is 0 Å². The van der Waals surface area contributed by atoms with Crippen LogP contribution in [0.25, 0.3) is 22.0 Å². The number of pyridine rings is 1. The Morgan fingerprint density at radius 2 is 1.81 bits per heavy atom. The van der Waals surface area contributed by atoms with Gasteiger partial charge in [-0.25, -0.2) is 0 Å². The van der Waals surface area contributed by atoms with Gasteiger partial charge in [0.1, 0.15) is 17.4 Å². The van der Waals surface area contributed by atoms with Crippen LogP contribution in [0.5, 0.6) is 11.5 Å². The van der Waals surface area contributed by atoms with E-state index in [0.717, 1.165) is 72.3 Å². The summed E-state index contributed by atoms with van der Waals surface area (Å²) < 4.78 is 12.2. The number of hydrogen-bond acceptors (Lipinski definition) is 4. The number of hydrogen-bond donors (Lipinski definition) is 0. The standard InChI is InChI=1S/C26H28N2O3/c1-2-30-25-23(12-9-19-4-3-15-27-24(19)25)18-7-10-21(11-8-18)31-22-13-16-28(17-14-22)26(29)20-5-6-20/h3-4,7-12,15,20,22H,2,5-6,13-14,16-17H2,1H3. The molecule has 1 saturated carbocycles. The molecule has 0 N–H and O–H groups in total. The van der Waals surface area contributed by atoms with Crippen molar-refractivity contribution < 1.29 is 14.3 Å². The maximum Gasteiger partial charge on any atom is 0.225 e. The van der Waals surface area contributed by atoms with Gasteiger partial charge >= 0.3 is 0 Å². The monoisotopic (exact) mass is 416 g/mol. The Morgan fingerprint density at radius 3 is 2.52 bits per heavy atom. The third-order valence-corrected chi connectivity index (χ3v) is 6.17. The first kappa shape index (κ1) is 19.9. The molecule has 31 heavy (non-hydrogen) atoms. The number of fused-ring (bicyclic) bond motifs is 1. The average molecular weight is 417 g/mol. The fourth-order valence-electron chi connectivity index (χ4n) is 4.32. The molecule has 0 spiro atoms. The minimum absolute atomic E-state index is 0.165. The molecule has 1 aliphatic carbocycles. The van der Waals surface area contributed by atoms with Crippen molar-refractivity contribution in [2.45, 2.75) is 38.7 Å². The van der Waals surface area contributed by atoms with Crippen LogP contribution in [0.15, 0.2) is 54.7 Å². The number of piperidine rings is 1. The predicted octanol–water partition coefficient (Wildman–Crippen LogP) is 5.08. The molecule has 0 bridgehead atoms. The second-order valence-electron chi connectivity index (χ2n) is 8.39. The number of aromatic nitrogens is 1. The lowest BCUT2D eigenvalue weighted by Gasteiger charge is -2.32. The Hall–Kier alpha value is -3.08. The molecular weight excluding hydrogens is 388 g/mol. The lowest BCUT2D eigenvalue weighted by molar-refractivity contribution is -0.134. The number of rotatable bonds is 6. The predicted molar refractivity (Wildman–Crippen MR) is 121 cm³/mol. The molecule has 3 aromatic rings. The van der Waals surface area contributed by atoms with Gasteiger partial charge in [0.05, 0.1) is 6.61 Å². The van der Waals surface area contributed by atoms with E-state index in [-0.39, 0.29) is 6.10 Å². The normalized spacial score (nSPS) is 17.0. The highest BCUT2D eigenvalue weighted by atomic mass is 16.5. The molecule has 1 amide bonds. The molecule has 2 aromatic carbocycles. The lowest BCUT2D eigenvalue weighted by atomic mass is 10.0. The largest absolute Gasteiger partial charge is 0.491 e. The summed E-state index contributed by atoms with van der Waals surface area (Å²) >= 11 is 0. The first-order chi connectivity index (χ1) is 15.2. The molecule has 0 radical (unpaired) electrons. The molecule has 1 aliphatic heterocycles. The maximum atomic E-state index is 12.2. The highest BCUT2D eigenvalue weighted by Gasteiger charge is 2.35. The van der Waals surface area contributed by atoms with Crippen LogP contribution in [-0.4, -0.2) is 41.6 Å². The van der Waals surface area contributed by atoms with Gasteiger partial charge in [-0.3, -0.25) is 9.78 Å². The third-order valence-electron chi connectivity index (χ3n) is 6.17. The second-order valence-corrected chi connectivity index (χ2v) is 8.39. The van der Waals surface area contributed by atoms with E-state index in [9.17, 15) is 4.79 Å². The Kier molecular flexibility index (Phi) is 5.49. The first-order valence-corrected chi connectivity index (χ1v) is 11.3. The summed E-state index contributed by atoms with van der Waals surface area (Å²) in [5.41, 5.74) is 2.99. The number of likely N-dealkylation sites (tertiary alicyclic amines) is 1. The second kappa shape index (κ2) is 8.58. The fourth-order valence-corrected chi connectivity index (χ4v) is 4.32. The van der Waals surface area contributed by atoms with Gasteiger partial charge in [0.25, 0.3) is 0 Å². The first-order valence-electron chi connectivity index (χ1n) is 11.3. The zero-order valence-corrected chi connectivity index (χ0v) is 17.9. The molecule has 1 aromatic heterocycles. The summed E-state index contributed by atoms with van der Waals surface area (Å²) in [6, 6.07) is 16.4. The number of ether oxygens (including phenoxy) is 2. The number of benzene rings is 2. The number of amides is 1. The molecule has 160 valence electrons. The van der Waals surface area contributed by atoms with E-state index in [4.69, 9.17) is 9.47 Å². The van der Waals surface area contributed by atoms with Crippen molar-refractivity contribution >= 4 is 16.8 Å². The zero-order chi connectivity index (χ0) is 21.2. The molecular formula is C26H28N2O3. The van der Waals surface area contributed by atoms with Crippen molar-refractivity contribution in [3.8, 4) is 22.6 Å². The van der Waals surface area contributed by atoms with Crippen molar-refractivity contribution in [3.05, 3.63) is 54.7 Å². The van der Waals surface area contributed by atoms with Crippen LogP contribution >= 0.6 is 0 Å². The van der Waals surface area contributed by atoms with E-state index in [1.807, 2.05) is 30.0 Å². The van der Waals surface area contributed by atoms with E-state index in [2.05, 4.69) is 35.3 Å². The summed E-state index contributed by atoms with van der Waals surface area (Å²) in [5.74, 6) is 2.34. The molecule has 5 rings (SSSR count). The molecule has 0 unspecified atom stereocenters. The smallest absolute Gasteiger partial charge is 0.225 e. The van der Waals surface area contributed by atoms with Gasteiger partial charge in [0.2, 0.25) is 5.91 Å². The Labute approximate surface area is 183 Å². The summed E-state index contributed by atoms with van der Waals surface area (Å²) in [7, 11) is 0. The van der Waals surface area contributed by atoms with E-state index in [1.54, 1.807) is 6.20 Å². The van der Waals surface area contributed by atoms with Gasteiger partial charge in [0.15, 0.2) is 5.75 Å². The van der Waals surface area contributed by atoms with Crippen LogP contribution in [0.3, 0.4) is 0 Å². The highest BCUT2D eigenvalue weighted by molar-refractivity contribution is 5.92. The average Bonchev–Trinajstić information content (AvgIpc) is 3.66. The van der Waals surface area contributed by atoms with Crippen molar-refractivity contribution in [2.75, 3.05) is 19.7 Å². The van der Waals surface area contributed by atoms with Crippen LogP contribution < -0.4 is 9.47 Å². The Morgan fingerprint density at radius 1 is 1.03 bits per heavy atom. The molecule has 2 heterocycles.